The average molecular weight is 536 g/mol. The van der Waals surface area contributed by atoms with Gasteiger partial charge in [-0.15, -0.1) is 0 Å². The van der Waals surface area contributed by atoms with E-state index in [0.29, 0.717) is 29.7 Å². The zero-order valence-corrected chi connectivity index (χ0v) is 17.9. The first-order valence-corrected chi connectivity index (χ1v) is 10.1. The van der Waals surface area contributed by atoms with Crippen LogP contribution in [0.3, 0.4) is 0 Å². The van der Waals surface area contributed by atoms with Crippen LogP contribution in [0, 0.1) is 0 Å². The molecule has 2 N–H and O–H groups in total. The fourth-order valence-corrected chi connectivity index (χ4v) is 3.41. The fourth-order valence-electron chi connectivity index (χ4n) is 2.64. The molecular formula is C18H11ClF9N5S. The number of anilines is 2. The molecule has 16 heteroatoms. The van der Waals surface area contributed by atoms with Gasteiger partial charge in [-0.25, -0.2) is 4.98 Å². The standard InChI is InChI=1S/C18H11ClF9N5S/c19-11-6-12(18(26,27)28)14(31-7-11)29-1-2-30-15-32-13(33-34-15)8-3-9(16(20,21)22)5-10(4-8)17(23,24)25/h3-7H,1-2H2,(H,29,31)(H,30,32,33). The topological polar surface area (TPSA) is 62.7 Å². The summed E-state index contributed by atoms with van der Waals surface area (Å²) in [5.74, 6) is -0.851. The predicted octanol–water partition coefficient (Wildman–Crippen LogP) is 6.83. The number of aromatic nitrogens is 3. The molecule has 1 aromatic carbocycles. The van der Waals surface area contributed by atoms with Crippen molar-refractivity contribution in [2.45, 2.75) is 18.5 Å². The van der Waals surface area contributed by atoms with Crippen molar-refractivity contribution in [3.8, 4) is 11.4 Å². The van der Waals surface area contributed by atoms with E-state index in [1.54, 1.807) is 0 Å². The average Bonchev–Trinajstić information content (AvgIpc) is 3.19. The van der Waals surface area contributed by atoms with Gasteiger partial charge in [0, 0.05) is 36.4 Å². The highest BCUT2D eigenvalue weighted by atomic mass is 35.5. The van der Waals surface area contributed by atoms with Gasteiger partial charge in [0.25, 0.3) is 0 Å². The Kier molecular flexibility index (Phi) is 7.17. The van der Waals surface area contributed by atoms with E-state index in [0.717, 1.165) is 6.20 Å². The maximum absolute atomic E-state index is 13.1. The van der Waals surface area contributed by atoms with E-state index in [1.807, 2.05) is 0 Å². The number of rotatable bonds is 6. The molecule has 3 aromatic rings. The maximum atomic E-state index is 13.1. The number of halogens is 10. The molecule has 0 aliphatic rings. The molecule has 0 radical (unpaired) electrons. The summed E-state index contributed by atoms with van der Waals surface area (Å²) in [7, 11) is 0. The molecule has 3 rings (SSSR count). The Morgan fingerprint density at radius 2 is 1.38 bits per heavy atom. The lowest BCUT2D eigenvalue weighted by atomic mass is 10.0. The van der Waals surface area contributed by atoms with Crippen LogP contribution in [0.2, 0.25) is 5.02 Å². The van der Waals surface area contributed by atoms with E-state index in [1.165, 1.54) is 0 Å². The molecular weight excluding hydrogens is 525 g/mol. The third-order valence-corrected chi connectivity index (χ3v) is 5.00. The summed E-state index contributed by atoms with van der Waals surface area (Å²) in [4.78, 5) is 7.45. The van der Waals surface area contributed by atoms with Crippen LogP contribution in [-0.2, 0) is 18.5 Å². The molecule has 2 heterocycles. The van der Waals surface area contributed by atoms with Crippen molar-refractivity contribution in [1.82, 2.24) is 14.3 Å². The van der Waals surface area contributed by atoms with Gasteiger partial charge in [0.2, 0.25) is 5.13 Å². The lowest BCUT2D eigenvalue weighted by Crippen LogP contribution is -2.18. The number of benzene rings is 1. The first-order chi connectivity index (χ1) is 15.6. The highest BCUT2D eigenvalue weighted by molar-refractivity contribution is 7.09. The molecule has 0 aliphatic carbocycles. The van der Waals surface area contributed by atoms with Crippen LogP contribution in [-0.4, -0.2) is 27.4 Å². The Morgan fingerprint density at radius 1 is 0.794 bits per heavy atom. The van der Waals surface area contributed by atoms with Crippen LogP contribution in [0.4, 0.5) is 50.5 Å². The van der Waals surface area contributed by atoms with Crippen LogP contribution < -0.4 is 10.6 Å². The molecule has 0 saturated heterocycles. The van der Waals surface area contributed by atoms with Gasteiger partial charge in [-0.2, -0.15) is 48.9 Å². The largest absolute Gasteiger partial charge is 0.420 e. The quantitative estimate of drug-likeness (QED) is 0.267. The number of pyridine rings is 1. The second-order valence-corrected chi connectivity index (χ2v) is 7.81. The molecule has 0 amide bonds. The maximum Gasteiger partial charge on any atom is 0.420 e. The molecule has 184 valence electrons. The van der Waals surface area contributed by atoms with Gasteiger partial charge in [-0.05, 0) is 24.3 Å². The van der Waals surface area contributed by atoms with Gasteiger partial charge < -0.3 is 10.6 Å². The first-order valence-electron chi connectivity index (χ1n) is 8.98. The van der Waals surface area contributed by atoms with E-state index in [9.17, 15) is 39.5 Å². The van der Waals surface area contributed by atoms with E-state index in [4.69, 9.17) is 11.6 Å². The minimum Gasteiger partial charge on any atom is -0.368 e. The summed E-state index contributed by atoms with van der Waals surface area (Å²) >= 11 is 6.20. The van der Waals surface area contributed by atoms with Crippen molar-refractivity contribution in [1.29, 1.82) is 0 Å². The Bertz CT molecular complexity index is 1130. The molecule has 0 unspecified atom stereocenters. The molecule has 2 aromatic heterocycles. The lowest BCUT2D eigenvalue weighted by Gasteiger charge is -2.13. The van der Waals surface area contributed by atoms with Crippen LogP contribution >= 0.6 is 23.1 Å². The van der Waals surface area contributed by atoms with Crippen molar-refractivity contribution < 1.29 is 39.5 Å². The van der Waals surface area contributed by atoms with Gasteiger partial charge in [0.05, 0.1) is 21.7 Å². The summed E-state index contributed by atoms with van der Waals surface area (Å²) in [6.45, 7) is -0.110. The summed E-state index contributed by atoms with van der Waals surface area (Å²) in [5, 5.41) is 4.95. The van der Waals surface area contributed by atoms with Crippen LogP contribution in [0.25, 0.3) is 11.4 Å². The number of hydrogen-bond donors (Lipinski definition) is 2. The predicted molar refractivity (Wildman–Crippen MR) is 107 cm³/mol. The Morgan fingerprint density at radius 3 is 1.94 bits per heavy atom. The highest BCUT2D eigenvalue weighted by Gasteiger charge is 2.37. The number of nitrogens with zero attached hydrogens (tertiary/aromatic N) is 3. The summed E-state index contributed by atoms with van der Waals surface area (Å²) in [5.41, 5.74) is -4.60. The van der Waals surface area contributed by atoms with E-state index >= 15 is 0 Å². The fraction of sp³-hybridized carbons (Fsp3) is 0.278. The Labute approximate surface area is 194 Å². The minimum atomic E-state index is -5.02. The molecule has 5 nitrogen and oxygen atoms in total. The van der Waals surface area contributed by atoms with Gasteiger partial charge >= 0.3 is 18.5 Å². The van der Waals surface area contributed by atoms with Crippen LogP contribution in [0.5, 0.6) is 0 Å². The number of alkyl halides is 9. The lowest BCUT2D eigenvalue weighted by molar-refractivity contribution is -0.143. The Hall–Kier alpha value is -2.81. The van der Waals surface area contributed by atoms with Crippen LogP contribution in [0.1, 0.15) is 16.7 Å². The number of nitrogens with one attached hydrogen (secondary N) is 2. The van der Waals surface area contributed by atoms with Crippen molar-refractivity contribution in [3.63, 3.8) is 0 Å². The molecule has 0 bridgehead atoms. The normalized spacial score (nSPS) is 12.6. The van der Waals surface area contributed by atoms with Crippen LogP contribution in [0.15, 0.2) is 30.5 Å². The molecule has 0 saturated carbocycles. The highest BCUT2D eigenvalue weighted by Crippen LogP contribution is 2.38. The molecule has 0 fully saturated rings. The van der Waals surface area contributed by atoms with Gasteiger partial charge in [-0.3, -0.25) is 0 Å². The van der Waals surface area contributed by atoms with Crippen molar-refractivity contribution in [2.75, 3.05) is 23.7 Å². The molecule has 0 aliphatic heterocycles. The smallest absolute Gasteiger partial charge is 0.368 e. The van der Waals surface area contributed by atoms with Crippen molar-refractivity contribution >= 4 is 34.1 Å². The first kappa shape index (κ1) is 25.8. The summed E-state index contributed by atoms with van der Waals surface area (Å²) in [6, 6.07) is 1.67. The zero-order chi connectivity index (χ0) is 25.3. The van der Waals surface area contributed by atoms with Gasteiger partial charge in [-0.1, -0.05) is 11.6 Å². The molecule has 34 heavy (non-hydrogen) atoms. The summed E-state index contributed by atoms with van der Waals surface area (Å²) in [6.07, 6.45) is -13.7. The van der Waals surface area contributed by atoms with Gasteiger partial charge in [0.1, 0.15) is 5.82 Å². The van der Waals surface area contributed by atoms with Gasteiger partial charge in [0.15, 0.2) is 5.82 Å². The molecule has 0 spiro atoms. The monoisotopic (exact) mass is 535 g/mol. The zero-order valence-electron chi connectivity index (χ0n) is 16.3. The van der Waals surface area contributed by atoms with Crippen molar-refractivity contribution in [2.24, 2.45) is 0 Å². The van der Waals surface area contributed by atoms with E-state index in [-0.39, 0.29) is 35.1 Å². The van der Waals surface area contributed by atoms with Crippen molar-refractivity contribution in [3.05, 3.63) is 52.2 Å². The van der Waals surface area contributed by atoms with E-state index in [2.05, 4.69) is 25.0 Å². The van der Waals surface area contributed by atoms with E-state index < -0.39 is 46.6 Å². The third kappa shape index (κ3) is 6.40. The SMILES string of the molecule is FC(F)(F)c1cc(-c2nsc(NCCNc3ncc(Cl)cc3C(F)(F)F)n2)cc(C(F)(F)F)c1. The molecule has 0 atom stereocenters. The third-order valence-electron chi connectivity index (χ3n) is 4.13. The minimum absolute atomic E-state index is 0.0132. The second kappa shape index (κ2) is 9.44. The number of hydrogen-bond acceptors (Lipinski definition) is 6. The second-order valence-electron chi connectivity index (χ2n) is 6.62. The summed E-state index contributed by atoms with van der Waals surface area (Å²) < 4.78 is 121. The Balaban J connectivity index is 1.71.